The number of pyridine rings is 1. The number of rotatable bonds is 7. The minimum Gasteiger partial charge on any atom is -0.489 e. The van der Waals surface area contributed by atoms with Crippen LogP contribution in [0.4, 0.5) is 5.69 Å². The average molecular weight is 344 g/mol. The number of carbonyl (C=O) groups is 1. The van der Waals surface area contributed by atoms with Gasteiger partial charge < -0.3 is 14.8 Å². The highest BCUT2D eigenvalue weighted by molar-refractivity contribution is 6.05. The van der Waals surface area contributed by atoms with E-state index < -0.39 is 5.60 Å². The summed E-state index contributed by atoms with van der Waals surface area (Å²) in [6.45, 7) is 9.91. The van der Waals surface area contributed by atoms with Crippen LogP contribution in [0.25, 0.3) is 10.9 Å². The zero-order valence-electron chi connectivity index (χ0n) is 15.9. The smallest absolute Gasteiger partial charge is 0.256 e. The fourth-order valence-corrected chi connectivity index (χ4v) is 2.91. The van der Waals surface area contributed by atoms with Crippen LogP contribution in [0.1, 0.15) is 41.0 Å². The van der Waals surface area contributed by atoms with Crippen molar-refractivity contribution in [3.63, 3.8) is 0 Å². The third kappa shape index (κ3) is 4.48. The third-order valence-corrected chi connectivity index (χ3v) is 4.07. The lowest BCUT2D eigenvalue weighted by atomic mass is 9.93. The molecule has 0 saturated heterocycles. The predicted octanol–water partition coefficient (Wildman–Crippen LogP) is 4.41. The highest BCUT2D eigenvalue weighted by atomic mass is 16.5. The van der Waals surface area contributed by atoms with Crippen LogP contribution in [0.3, 0.4) is 0 Å². The lowest BCUT2D eigenvalue weighted by Crippen LogP contribution is -2.43. The van der Waals surface area contributed by atoms with Gasteiger partial charge in [-0.25, -0.2) is 0 Å². The van der Waals surface area contributed by atoms with E-state index in [4.69, 9.17) is 9.47 Å². The normalized spacial score (nSPS) is 13.9. The number of anilines is 1. The molecule has 0 spiro atoms. The van der Waals surface area contributed by atoms with Gasteiger partial charge in [0.15, 0.2) is 0 Å². The van der Waals surface area contributed by atoms with Crippen molar-refractivity contribution in [1.82, 2.24) is 4.98 Å². The Balaban J connectivity index is 2.37. The van der Waals surface area contributed by atoms with Crippen LogP contribution in [-0.2, 0) is 9.53 Å². The monoisotopic (exact) mass is 344 g/mol. The standard InChI is InChI=1S/C20H28N2O3/c1-13(2)12-20(5,24-6)19(23)22-16-9-10-17(25-14(3)4)18-15(16)8-7-11-21-18/h7-11,13-14H,12H2,1-6H3,(H,22,23). The molecule has 0 saturated carbocycles. The summed E-state index contributed by atoms with van der Waals surface area (Å²) in [5.74, 6) is 0.891. The number of nitrogens with one attached hydrogen (secondary N) is 1. The molecule has 2 aromatic rings. The van der Waals surface area contributed by atoms with Gasteiger partial charge in [0.25, 0.3) is 5.91 Å². The molecule has 136 valence electrons. The fraction of sp³-hybridized carbons (Fsp3) is 0.500. The molecule has 1 aromatic heterocycles. The highest BCUT2D eigenvalue weighted by Crippen LogP contribution is 2.32. The number of ether oxygens (including phenoxy) is 2. The highest BCUT2D eigenvalue weighted by Gasteiger charge is 2.34. The lowest BCUT2D eigenvalue weighted by molar-refractivity contribution is -0.137. The minimum atomic E-state index is -0.879. The largest absolute Gasteiger partial charge is 0.489 e. The molecule has 25 heavy (non-hydrogen) atoms. The molecule has 1 N–H and O–H groups in total. The van der Waals surface area contributed by atoms with Crippen LogP contribution in [0.15, 0.2) is 30.5 Å². The number of amides is 1. The Labute approximate surface area is 149 Å². The SMILES string of the molecule is COC(C)(CC(C)C)C(=O)Nc1ccc(OC(C)C)c2ncccc12. The lowest BCUT2D eigenvalue weighted by Gasteiger charge is -2.28. The van der Waals surface area contributed by atoms with E-state index in [9.17, 15) is 4.79 Å². The first kappa shape index (κ1) is 19.2. The molecule has 1 heterocycles. The second-order valence-electron chi connectivity index (χ2n) is 7.16. The Kier molecular flexibility index (Phi) is 6.01. The molecule has 0 aliphatic carbocycles. The molecule has 1 atom stereocenters. The van der Waals surface area contributed by atoms with E-state index in [-0.39, 0.29) is 12.0 Å². The molecular formula is C20H28N2O3. The number of benzene rings is 1. The van der Waals surface area contributed by atoms with Crippen LogP contribution in [-0.4, -0.2) is 29.7 Å². The van der Waals surface area contributed by atoms with Crippen LogP contribution < -0.4 is 10.1 Å². The summed E-state index contributed by atoms with van der Waals surface area (Å²) in [7, 11) is 1.57. The molecule has 1 amide bonds. The summed E-state index contributed by atoms with van der Waals surface area (Å²) in [5, 5.41) is 3.85. The zero-order chi connectivity index (χ0) is 18.6. The Morgan fingerprint density at radius 3 is 2.56 bits per heavy atom. The van der Waals surface area contributed by atoms with Crippen molar-refractivity contribution in [2.24, 2.45) is 5.92 Å². The van der Waals surface area contributed by atoms with Gasteiger partial charge in [-0.1, -0.05) is 13.8 Å². The Hall–Kier alpha value is -2.14. The number of hydrogen-bond donors (Lipinski definition) is 1. The summed E-state index contributed by atoms with van der Waals surface area (Å²) < 4.78 is 11.3. The zero-order valence-corrected chi connectivity index (χ0v) is 15.9. The van der Waals surface area contributed by atoms with E-state index in [0.717, 1.165) is 10.9 Å². The van der Waals surface area contributed by atoms with Gasteiger partial charge >= 0.3 is 0 Å². The Morgan fingerprint density at radius 1 is 1.24 bits per heavy atom. The van der Waals surface area contributed by atoms with Gasteiger partial charge in [-0.2, -0.15) is 0 Å². The maximum Gasteiger partial charge on any atom is 0.256 e. The molecular weight excluding hydrogens is 316 g/mol. The quantitative estimate of drug-likeness (QED) is 0.808. The summed E-state index contributed by atoms with van der Waals surface area (Å²) in [4.78, 5) is 17.2. The summed E-state index contributed by atoms with van der Waals surface area (Å²) in [6, 6.07) is 7.47. The van der Waals surface area contributed by atoms with E-state index in [1.165, 1.54) is 0 Å². The summed E-state index contributed by atoms with van der Waals surface area (Å²) >= 11 is 0. The minimum absolute atomic E-state index is 0.0495. The maximum absolute atomic E-state index is 12.8. The first-order valence-corrected chi connectivity index (χ1v) is 8.68. The van der Waals surface area contributed by atoms with Crippen LogP contribution in [0.2, 0.25) is 0 Å². The molecule has 0 aliphatic rings. The van der Waals surface area contributed by atoms with Crippen molar-refractivity contribution in [3.05, 3.63) is 30.5 Å². The molecule has 0 radical (unpaired) electrons. The van der Waals surface area contributed by atoms with Crippen LogP contribution in [0, 0.1) is 5.92 Å². The van der Waals surface area contributed by atoms with E-state index >= 15 is 0 Å². The Morgan fingerprint density at radius 2 is 1.96 bits per heavy atom. The van der Waals surface area contributed by atoms with E-state index in [0.29, 0.717) is 23.8 Å². The number of hydrogen-bond acceptors (Lipinski definition) is 4. The molecule has 2 rings (SSSR count). The second-order valence-corrected chi connectivity index (χ2v) is 7.16. The van der Waals surface area contributed by atoms with Gasteiger partial charge in [0.2, 0.25) is 0 Å². The van der Waals surface area contributed by atoms with Crippen molar-refractivity contribution in [2.45, 2.75) is 52.7 Å². The number of nitrogens with zero attached hydrogens (tertiary/aromatic N) is 1. The molecule has 0 bridgehead atoms. The van der Waals surface area contributed by atoms with Crippen LogP contribution in [0.5, 0.6) is 5.75 Å². The predicted molar refractivity (Wildman–Crippen MR) is 101 cm³/mol. The summed E-state index contributed by atoms with van der Waals surface area (Å²) in [5.41, 5.74) is 0.559. The van der Waals surface area contributed by atoms with Gasteiger partial charge in [0.05, 0.1) is 11.8 Å². The van der Waals surface area contributed by atoms with Crippen LogP contribution >= 0.6 is 0 Å². The van der Waals surface area contributed by atoms with E-state index in [1.54, 1.807) is 13.3 Å². The molecule has 1 unspecified atom stereocenters. The average Bonchev–Trinajstić information content (AvgIpc) is 2.55. The number of carbonyl (C=O) groups excluding carboxylic acids is 1. The van der Waals surface area contributed by atoms with E-state index in [1.807, 2.05) is 45.0 Å². The Bertz CT molecular complexity index is 743. The van der Waals surface area contributed by atoms with E-state index in [2.05, 4.69) is 24.1 Å². The topological polar surface area (TPSA) is 60.5 Å². The fourth-order valence-electron chi connectivity index (χ4n) is 2.91. The maximum atomic E-state index is 12.8. The van der Waals surface area contributed by atoms with Crippen molar-refractivity contribution in [1.29, 1.82) is 0 Å². The molecule has 0 aliphatic heterocycles. The van der Waals surface area contributed by atoms with Gasteiger partial charge in [-0.3, -0.25) is 9.78 Å². The van der Waals surface area contributed by atoms with Crippen molar-refractivity contribution >= 4 is 22.5 Å². The third-order valence-electron chi connectivity index (χ3n) is 4.07. The van der Waals surface area contributed by atoms with Gasteiger partial charge in [0, 0.05) is 18.7 Å². The first-order valence-electron chi connectivity index (χ1n) is 8.68. The first-order chi connectivity index (χ1) is 11.8. The van der Waals surface area contributed by atoms with Crippen molar-refractivity contribution < 1.29 is 14.3 Å². The van der Waals surface area contributed by atoms with Crippen molar-refractivity contribution in [2.75, 3.05) is 12.4 Å². The number of aromatic nitrogens is 1. The second kappa shape index (κ2) is 7.83. The molecule has 5 heteroatoms. The van der Waals surface area contributed by atoms with Gasteiger partial charge in [-0.05, 0) is 57.4 Å². The molecule has 5 nitrogen and oxygen atoms in total. The molecule has 0 fully saturated rings. The van der Waals surface area contributed by atoms with Gasteiger partial charge in [0.1, 0.15) is 16.9 Å². The van der Waals surface area contributed by atoms with Crippen molar-refractivity contribution in [3.8, 4) is 5.75 Å². The summed E-state index contributed by atoms with van der Waals surface area (Å²) in [6.07, 6.45) is 2.41. The number of fused-ring (bicyclic) bond motifs is 1. The molecule has 1 aromatic carbocycles. The van der Waals surface area contributed by atoms with Gasteiger partial charge in [-0.15, -0.1) is 0 Å². The number of methoxy groups -OCH3 is 1.